The van der Waals surface area contributed by atoms with Gasteiger partial charge in [-0.15, -0.1) is 0 Å². The molecule has 0 unspecified atom stereocenters. The zero-order valence-electron chi connectivity index (χ0n) is 8.69. The number of anilines is 1. The molecular weight excluding hydrogens is 210 g/mol. The van der Waals surface area contributed by atoms with Gasteiger partial charge in [0, 0.05) is 30.4 Å². The average molecular weight is 226 g/mol. The summed E-state index contributed by atoms with van der Waals surface area (Å²) in [6.45, 7) is 2.40. The van der Waals surface area contributed by atoms with E-state index in [4.69, 9.17) is 16.7 Å². The summed E-state index contributed by atoms with van der Waals surface area (Å²) < 4.78 is 0. The quantitative estimate of drug-likeness (QED) is 0.836. The first-order valence-electron chi connectivity index (χ1n) is 5.41. The fraction of sp³-hybridized carbons (Fsp3) is 0.500. The second kappa shape index (κ2) is 4.86. The molecule has 0 aliphatic carbocycles. The number of rotatable bonds is 2. The third-order valence-electron chi connectivity index (χ3n) is 3.06. The zero-order chi connectivity index (χ0) is 10.7. The molecule has 0 radical (unpaired) electrons. The van der Waals surface area contributed by atoms with E-state index in [1.165, 1.54) is 5.69 Å². The number of hydrogen-bond acceptors (Lipinski definition) is 2. The lowest BCUT2D eigenvalue weighted by Crippen LogP contribution is -2.34. The molecule has 15 heavy (non-hydrogen) atoms. The summed E-state index contributed by atoms with van der Waals surface area (Å²) in [6, 6.07) is 7.97. The number of aliphatic hydroxyl groups is 1. The van der Waals surface area contributed by atoms with Crippen LogP contribution >= 0.6 is 11.6 Å². The molecule has 1 aromatic carbocycles. The number of halogens is 1. The summed E-state index contributed by atoms with van der Waals surface area (Å²) in [5.74, 6) is 0.494. The van der Waals surface area contributed by atoms with Crippen molar-refractivity contribution in [3.05, 3.63) is 29.3 Å². The molecule has 3 heteroatoms. The molecule has 1 aliphatic rings. The molecule has 1 saturated heterocycles. The van der Waals surface area contributed by atoms with Gasteiger partial charge in [0.1, 0.15) is 0 Å². The number of hydrogen-bond donors (Lipinski definition) is 1. The van der Waals surface area contributed by atoms with Gasteiger partial charge in [0.2, 0.25) is 0 Å². The van der Waals surface area contributed by atoms with Crippen molar-refractivity contribution in [2.75, 3.05) is 24.6 Å². The fourth-order valence-corrected chi connectivity index (χ4v) is 2.15. The fourth-order valence-electron chi connectivity index (χ4n) is 2.03. The highest BCUT2D eigenvalue weighted by Gasteiger charge is 2.18. The minimum atomic E-state index is 0.328. The Labute approximate surface area is 95.5 Å². The van der Waals surface area contributed by atoms with E-state index in [1.54, 1.807) is 0 Å². The first-order chi connectivity index (χ1) is 7.29. The van der Waals surface area contributed by atoms with Crippen molar-refractivity contribution in [3.8, 4) is 0 Å². The van der Waals surface area contributed by atoms with Crippen molar-refractivity contribution in [1.29, 1.82) is 0 Å². The summed E-state index contributed by atoms with van der Waals surface area (Å²) >= 11 is 5.84. The van der Waals surface area contributed by atoms with E-state index in [0.717, 1.165) is 31.0 Å². The van der Waals surface area contributed by atoms with Gasteiger partial charge >= 0.3 is 0 Å². The Morgan fingerprint density at radius 1 is 1.20 bits per heavy atom. The summed E-state index contributed by atoms with van der Waals surface area (Å²) in [4.78, 5) is 2.35. The van der Waals surface area contributed by atoms with Crippen molar-refractivity contribution in [3.63, 3.8) is 0 Å². The van der Waals surface area contributed by atoms with Crippen LogP contribution in [0.25, 0.3) is 0 Å². The number of benzene rings is 1. The third kappa shape index (κ3) is 2.64. The van der Waals surface area contributed by atoms with E-state index in [9.17, 15) is 0 Å². The first kappa shape index (κ1) is 10.8. The summed E-state index contributed by atoms with van der Waals surface area (Å²) in [5.41, 5.74) is 1.23. The maximum Gasteiger partial charge on any atom is 0.0460 e. The molecule has 0 amide bonds. The van der Waals surface area contributed by atoms with Gasteiger partial charge < -0.3 is 10.0 Å². The minimum Gasteiger partial charge on any atom is -0.396 e. The van der Waals surface area contributed by atoms with Gasteiger partial charge in [-0.3, -0.25) is 0 Å². The monoisotopic (exact) mass is 225 g/mol. The van der Waals surface area contributed by atoms with E-state index in [1.807, 2.05) is 12.1 Å². The van der Waals surface area contributed by atoms with Gasteiger partial charge in [0.25, 0.3) is 0 Å². The molecule has 2 nitrogen and oxygen atoms in total. The normalized spacial score (nSPS) is 18.1. The highest BCUT2D eigenvalue weighted by molar-refractivity contribution is 6.30. The lowest BCUT2D eigenvalue weighted by molar-refractivity contribution is 0.203. The van der Waals surface area contributed by atoms with Crippen LogP contribution in [-0.2, 0) is 0 Å². The largest absolute Gasteiger partial charge is 0.396 e. The molecule has 0 saturated carbocycles. The highest BCUT2D eigenvalue weighted by atomic mass is 35.5. The predicted octanol–water partition coefficient (Wildman–Crippen LogP) is 2.55. The van der Waals surface area contributed by atoms with Gasteiger partial charge in [-0.25, -0.2) is 0 Å². The maximum atomic E-state index is 9.05. The summed E-state index contributed by atoms with van der Waals surface area (Å²) in [7, 11) is 0. The van der Waals surface area contributed by atoms with Crippen molar-refractivity contribution in [1.82, 2.24) is 0 Å². The van der Waals surface area contributed by atoms with Crippen LogP contribution in [0.1, 0.15) is 12.8 Å². The van der Waals surface area contributed by atoms with Crippen LogP contribution in [-0.4, -0.2) is 24.8 Å². The third-order valence-corrected chi connectivity index (χ3v) is 3.32. The van der Waals surface area contributed by atoms with Crippen molar-refractivity contribution in [2.45, 2.75) is 12.8 Å². The Bertz CT molecular complexity index is 304. The molecule has 1 aliphatic heterocycles. The van der Waals surface area contributed by atoms with Gasteiger partial charge in [-0.05, 0) is 43.0 Å². The van der Waals surface area contributed by atoms with Crippen LogP contribution < -0.4 is 4.90 Å². The molecule has 0 spiro atoms. The van der Waals surface area contributed by atoms with E-state index in [0.29, 0.717) is 12.5 Å². The molecule has 2 rings (SSSR count). The summed E-state index contributed by atoms with van der Waals surface area (Å²) in [6.07, 6.45) is 2.16. The van der Waals surface area contributed by atoms with Gasteiger partial charge in [-0.2, -0.15) is 0 Å². The Morgan fingerprint density at radius 3 is 2.33 bits per heavy atom. The lowest BCUT2D eigenvalue weighted by Gasteiger charge is -2.32. The maximum absolute atomic E-state index is 9.05. The molecule has 0 atom stereocenters. The Hall–Kier alpha value is -0.730. The molecule has 82 valence electrons. The minimum absolute atomic E-state index is 0.328. The molecule has 0 bridgehead atoms. The Morgan fingerprint density at radius 2 is 1.80 bits per heavy atom. The van der Waals surface area contributed by atoms with E-state index in [-0.39, 0.29) is 0 Å². The SMILES string of the molecule is OCC1CCN(c2ccc(Cl)cc2)CC1. The Balaban J connectivity index is 1.98. The molecule has 1 aromatic rings. The van der Waals surface area contributed by atoms with Crippen LogP contribution in [0.15, 0.2) is 24.3 Å². The van der Waals surface area contributed by atoms with E-state index in [2.05, 4.69) is 17.0 Å². The van der Waals surface area contributed by atoms with Crippen LogP contribution in [0.2, 0.25) is 5.02 Å². The first-order valence-corrected chi connectivity index (χ1v) is 5.79. The zero-order valence-corrected chi connectivity index (χ0v) is 9.45. The smallest absolute Gasteiger partial charge is 0.0460 e. The van der Waals surface area contributed by atoms with E-state index < -0.39 is 0 Å². The van der Waals surface area contributed by atoms with Crippen LogP contribution in [0, 0.1) is 5.92 Å². The second-order valence-corrected chi connectivity index (χ2v) is 4.53. The van der Waals surface area contributed by atoms with Crippen molar-refractivity contribution < 1.29 is 5.11 Å². The topological polar surface area (TPSA) is 23.5 Å². The number of aliphatic hydroxyl groups excluding tert-OH is 1. The van der Waals surface area contributed by atoms with E-state index >= 15 is 0 Å². The van der Waals surface area contributed by atoms with Crippen molar-refractivity contribution in [2.24, 2.45) is 5.92 Å². The van der Waals surface area contributed by atoms with Crippen molar-refractivity contribution >= 4 is 17.3 Å². The van der Waals surface area contributed by atoms with Gasteiger partial charge in [-0.1, -0.05) is 11.6 Å². The van der Waals surface area contributed by atoms with Crippen LogP contribution in [0.4, 0.5) is 5.69 Å². The van der Waals surface area contributed by atoms with Gasteiger partial charge in [0.15, 0.2) is 0 Å². The van der Waals surface area contributed by atoms with Crippen LogP contribution in [0.3, 0.4) is 0 Å². The number of piperidine rings is 1. The highest BCUT2D eigenvalue weighted by Crippen LogP contribution is 2.24. The molecule has 1 fully saturated rings. The lowest BCUT2D eigenvalue weighted by atomic mass is 9.97. The standard InChI is InChI=1S/C12H16ClNO/c13-11-1-3-12(4-2-11)14-7-5-10(9-15)6-8-14/h1-4,10,15H,5-9H2. The summed E-state index contributed by atoms with van der Waals surface area (Å²) in [5, 5.41) is 9.83. The van der Waals surface area contributed by atoms with Gasteiger partial charge in [0.05, 0.1) is 0 Å². The molecule has 1 N–H and O–H groups in total. The predicted molar refractivity (Wildman–Crippen MR) is 63.5 cm³/mol. The number of nitrogens with zero attached hydrogens (tertiary/aromatic N) is 1. The van der Waals surface area contributed by atoms with Crippen LogP contribution in [0.5, 0.6) is 0 Å². The Kier molecular flexibility index (Phi) is 3.49. The second-order valence-electron chi connectivity index (χ2n) is 4.09. The average Bonchev–Trinajstić information content (AvgIpc) is 2.30. The molecular formula is C12H16ClNO. The molecule has 1 heterocycles. The molecule has 0 aromatic heterocycles.